The van der Waals surface area contributed by atoms with Crippen LogP contribution in [0.1, 0.15) is 40.9 Å². The number of rotatable bonds is 7. The van der Waals surface area contributed by atoms with Gasteiger partial charge in [-0.25, -0.2) is 14.1 Å². The minimum absolute atomic E-state index is 0.0127. The predicted molar refractivity (Wildman–Crippen MR) is 167 cm³/mol. The zero-order chi connectivity index (χ0) is 32.0. The molecule has 238 valence electrons. The monoisotopic (exact) mass is 645 g/mol. The number of aromatic nitrogens is 4. The number of nitrogens with zero attached hydrogens (tertiary/aromatic N) is 5. The van der Waals surface area contributed by atoms with Crippen molar-refractivity contribution >= 4 is 29.3 Å². The van der Waals surface area contributed by atoms with Gasteiger partial charge in [-0.15, -0.1) is 5.10 Å². The zero-order valence-corrected chi connectivity index (χ0v) is 25.7. The number of benzene rings is 2. The maximum Gasteiger partial charge on any atom is 0.257 e. The largest absolute Gasteiger partial charge is 0.477 e. The average molecular weight is 646 g/mol. The van der Waals surface area contributed by atoms with Crippen molar-refractivity contribution in [2.45, 2.75) is 38.3 Å². The molecule has 11 nitrogen and oxygen atoms in total. The van der Waals surface area contributed by atoms with Gasteiger partial charge in [-0.05, 0) is 78.8 Å². The number of nitrogens with one attached hydrogen (secondary N) is 2. The van der Waals surface area contributed by atoms with E-state index in [1.165, 1.54) is 16.8 Å². The van der Waals surface area contributed by atoms with E-state index in [0.29, 0.717) is 55.3 Å². The third-order valence-electron chi connectivity index (χ3n) is 8.45. The first-order valence-electron chi connectivity index (χ1n) is 15.2. The van der Waals surface area contributed by atoms with E-state index in [1.54, 1.807) is 53.7 Å². The van der Waals surface area contributed by atoms with E-state index in [0.717, 1.165) is 5.56 Å². The number of carbonyl (C=O) groups excluding carboxylic acids is 3. The van der Waals surface area contributed by atoms with Crippen LogP contribution in [-0.4, -0.2) is 68.3 Å². The van der Waals surface area contributed by atoms with Gasteiger partial charge in [-0.2, -0.15) is 0 Å². The van der Waals surface area contributed by atoms with Gasteiger partial charge >= 0.3 is 0 Å². The van der Waals surface area contributed by atoms with Crippen molar-refractivity contribution in [1.29, 1.82) is 0 Å². The van der Waals surface area contributed by atoms with Crippen molar-refractivity contribution in [3.63, 3.8) is 0 Å². The predicted octanol–water partition coefficient (Wildman–Crippen LogP) is 3.75. The maximum absolute atomic E-state index is 14.0. The van der Waals surface area contributed by atoms with Gasteiger partial charge in [0.1, 0.15) is 17.4 Å². The molecule has 13 heteroatoms. The number of hydrogen-bond acceptors (Lipinski definition) is 7. The number of carbonyl (C=O) groups is 3. The molecule has 2 aromatic carbocycles. The van der Waals surface area contributed by atoms with Crippen LogP contribution in [0.5, 0.6) is 5.88 Å². The third kappa shape index (κ3) is 7.51. The zero-order valence-electron chi connectivity index (χ0n) is 24.9. The molecule has 46 heavy (non-hydrogen) atoms. The second kappa shape index (κ2) is 14.1. The number of pyridine rings is 1. The van der Waals surface area contributed by atoms with Crippen LogP contribution in [-0.2, 0) is 22.6 Å². The molecule has 2 N–H and O–H groups in total. The van der Waals surface area contributed by atoms with E-state index in [2.05, 4.69) is 25.9 Å². The van der Waals surface area contributed by atoms with Crippen molar-refractivity contribution < 1.29 is 23.5 Å². The Labute approximate surface area is 270 Å². The van der Waals surface area contributed by atoms with Crippen LogP contribution in [0.3, 0.4) is 0 Å². The lowest BCUT2D eigenvalue weighted by Gasteiger charge is -2.40. The van der Waals surface area contributed by atoms with Gasteiger partial charge < -0.3 is 20.3 Å². The molecule has 0 saturated carbocycles. The molecule has 6 rings (SSSR count). The molecule has 4 heterocycles. The molecular formula is C33H33ClFN7O4. The van der Waals surface area contributed by atoms with E-state index in [1.807, 2.05) is 12.1 Å². The highest BCUT2D eigenvalue weighted by atomic mass is 35.5. The average Bonchev–Trinajstić information content (AvgIpc) is 3.53. The maximum atomic E-state index is 14.0. The molecule has 4 aromatic rings. The van der Waals surface area contributed by atoms with Crippen LogP contribution in [0, 0.1) is 17.7 Å². The fraction of sp³-hybridized carbons (Fsp3) is 0.333. The Balaban J connectivity index is 1.19. The van der Waals surface area contributed by atoms with Crippen molar-refractivity contribution in [2.24, 2.45) is 11.8 Å². The van der Waals surface area contributed by atoms with Gasteiger partial charge in [-0.1, -0.05) is 28.9 Å². The standard InChI is InChI=1S/C33H33ClFN7O4/c34-24-5-3-21(4-6-24)18-37-30(43)16-22-11-14-41-19-23(22)12-15-46-32-28(2-1-13-36-32)31(44)38-29(33(41)45)17-26-20-42(40-39-26)27-9-7-25(35)8-10-27/h1-10,13,20,22-23,29H,11-12,14-19H2,(H,37,43)(H,38,44)/t22-,23-,29+/m0/s1. The van der Waals surface area contributed by atoms with Crippen LogP contribution in [0.4, 0.5) is 4.39 Å². The first-order valence-corrected chi connectivity index (χ1v) is 15.6. The minimum atomic E-state index is -0.946. The number of halogens is 2. The lowest BCUT2D eigenvalue weighted by molar-refractivity contribution is -0.136. The Kier molecular flexibility index (Phi) is 9.53. The summed E-state index contributed by atoms with van der Waals surface area (Å²) >= 11 is 5.97. The molecular weight excluding hydrogens is 613 g/mol. The van der Waals surface area contributed by atoms with Gasteiger partial charge in [0, 0.05) is 43.7 Å². The summed E-state index contributed by atoms with van der Waals surface area (Å²) in [6.45, 7) is 1.54. The van der Waals surface area contributed by atoms with Gasteiger partial charge in [-0.3, -0.25) is 14.4 Å². The van der Waals surface area contributed by atoms with Gasteiger partial charge in [0.05, 0.1) is 24.2 Å². The summed E-state index contributed by atoms with van der Waals surface area (Å²) in [5.74, 6) is -0.963. The fourth-order valence-electron chi connectivity index (χ4n) is 5.95. The number of hydrogen-bond donors (Lipinski definition) is 2. The van der Waals surface area contributed by atoms with E-state index in [-0.39, 0.29) is 53.9 Å². The topological polar surface area (TPSA) is 131 Å². The fourth-order valence-corrected chi connectivity index (χ4v) is 6.08. The summed E-state index contributed by atoms with van der Waals surface area (Å²) in [4.78, 5) is 46.5. The quantitative estimate of drug-likeness (QED) is 0.313. The Morgan fingerprint density at radius 2 is 1.89 bits per heavy atom. The Hall–Kier alpha value is -4.84. The molecule has 3 amide bonds. The van der Waals surface area contributed by atoms with Crippen molar-refractivity contribution in [3.8, 4) is 11.6 Å². The summed E-state index contributed by atoms with van der Waals surface area (Å²) in [7, 11) is 0. The molecule has 0 spiro atoms. The van der Waals surface area contributed by atoms with Gasteiger partial charge in [0.25, 0.3) is 5.91 Å². The van der Waals surface area contributed by atoms with E-state index < -0.39 is 11.9 Å². The summed E-state index contributed by atoms with van der Waals surface area (Å²) in [6.07, 6.45) is 4.81. The summed E-state index contributed by atoms with van der Waals surface area (Å²) < 4.78 is 20.9. The molecule has 2 bridgehead atoms. The highest BCUT2D eigenvalue weighted by Gasteiger charge is 2.37. The van der Waals surface area contributed by atoms with Gasteiger partial charge in [0.15, 0.2) is 0 Å². The summed E-state index contributed by atoms with van der Waals surface area (Å²) in [6, 6.07) is 15.4. The normalized spacial score (nSPS) is 20.0. The second-order valence-electron chi connectivity index (χ2n) is 11.6. The lowest BCUT2D eigenvalue weighted by atomic mass is 9.80. The van der Waals surface area contributed by atoms with Crippen LogP contribution in [0.2, 0.25) is 5.02 Å². The highest BCUT2D eigenvalue weighted by molar-refractivity contribution is 6.30. The number of amides is 3. The number of fused-ring (bicyclic) bond motifs is 3. The molecule has 1 saturated heterocycles. The molecule has 2 aliphatic rings. The van der Waals surface area contributed by atoms with Crippen LogP contribution in [0.25, 0.3) is 5.69 Å². The summed E-state index contributed by atoms with van der Waals surface area (Å²) in [5, 5.41) is 14.9. The molecule has 2 aromatic heterocycles. The van der Waals surface area contributed by atoms with Crippen LogP contribution in [0.15, 0.2) is 73.1 Å². The van der Waals surface area contributed by atoms with Crippen LogP contribution >= 0.6 is 11.6 Å². The highest BCUT2D eigenvalue weighted by Crippen LogP contribution is 2.31. The Bertz CT molecular complexity index is 1700. The molecule has 0 unspecified atom stereocenters. The lowest BCUT2D eigenvalue weighted by Crippen LogP contribution is -2.54. The first kappa shape index (κ1) is 31.2. The smallest absolute Gasteiger partial charge is 0.257 e. The SMILES string of the molecule is O=C(C[C@@H]1CCN2C[C@@H]1CCOc1ncccc1C(=O)N[C@H](Cc1cn(-c3ccc(F)cc3)nn1)C2=O)NCc1ccc(Cl)cc1. The van der Waals surface area contributed by atoms with Crippen LogP contribution < -0.4 is 15.4 Å². The van der Waals surface area contributed by atoms with E-state index >= 15 is 0 Å². The van der Waals surface area contributed by atoms with Crippen molar-refractivity contribution in [3.05, 3.63) is 101 Å². The molecule has 0 aliphatic carbocycles. The molecule has 0 radical (unpaired) electrons. The molecule has 1 fully saturated rings. The van der Waals surface area contributed by atoms with E-state index in [9.17, 15) is 18.8 Å². The number of piperidine rings is 1. The molecule has 3 atom stereocenters. The molecule has 2 aliphatic heterocycles. The van der Waals surface area contributed by atoms with Crippen molar-refractivity contribution in [2.75, 3.05) is 19.7 Å². The van der Waals surface area contributed by atoms with Crippen molar-refractivity contribution in [1.82, 2.24) is 35.5 Å². The third-order valence-corrected chi connectivity index (χ3v) is 8.70. The second-order valence-corrected chi connectivity index (χ2v) is 12.0. The van der Waals surface area contributed by atoms with Gasteiger partial charge in [0.2, 0.25) is 17.7 Å². The number of ether oxygens (including phenoxy) is 1. The summed E-state index contributed by atoms with van der Waals surface area (Å²) in [5.41, 5.74) is 2.25. The minimum Gasteiger partial charge on any atom is -0.477 e. The Morgan fingerprint density at radius 3 is 2.70 bits per heavy atom. The van der Waals surface area contributed by atoms with E-state index in [4.69, 9.17) is 16.3 Å². The Morgan fingerprint density at radius 1 is 1.09 bits per heavy atom. The first-order chi connectivity index (χ1) is 22.3.